The average molecular weight is 466 g/mol. The highest BCUT2D eigenvalue weighted by molar-refractivity contribution is 5.82. The smallest absolute Gasteiger partial charge is 0.396 e. The van der Waals surface area contributed by atoms with Crippen LogP contribution in [-0.4, -0.2) is 47.2 Å². The molecular weight excluding hydrogens is 449 g/mol. The Balaban J connectivity index is 7.63. The lowest BCUT2D eigenvalue weighted by molar-refractivity contribution is -0.525. The lowest BCUT2D eigenvalue weighted by Crippen LogP contribution is -2.76. The normalized spacial score (nSPS) is 14.8. The van der Waals surface area contributed by atoms with Gasteiger partial charge in [-0.05, 0) is 0 Å². The van der Waals surface area contributed by atoms with Gasteiger partial charge in [-0.2, -0.15) is 26.3 Å². The van der Waals surface area contributed by atoms with Gasteiger partial charge in [-0.15, -0.1) is 0 Å². The molecule has 0 spiro atoms. The molecule has 0 aromatic rings. The highest BCUT2D eigenvalue weighted by atomic mass is 19.3. The molecule has 7 nitrogen and oxygen atoms in total. The lowest BCUT2D eigenvalue weighted by atomic mass is 9.71. The quantitative estimate of drug-likeness (QED) is 0.216. The van der Waals surface area contributed by atoms with Crippen LogP contribution in [0.4, 0.5) is 30.7 Å². The van der Waals surface area contributed by atoms with Crippen LogP contribution in [0.25, 0.3) is 0 Å². The van der Waals surface area contributed by atoms with Gasteiger partial charge in [0.25, 0.3) is 0 Å². The Kier molecular flexibility index (Phi) is 8.23. The molecule has 0 saturated carbocycles. The molecule has 0 bridgehead atoms. The molecule has 14 heteroatoms. The monoisotopic (exact) mass is 466 g/mol. The fraction of sp³-hybridized carbons (Fsp3) is 0.471. The molecule has 0 radical (unpaired) electrons. The number of carbonyl (C=O) groups is 3. The first-order chi connectivity index (χ1) is 13.8. The highest BCUT2D eigenvalue weighted by Gasteiger charge is 2.95. The van der Waals surface area contributed by atoms with Crippen LogP contribution in [0.1, 0.15) is 13.8 Å². The number of carbonyl (C=O) groups excluding carboxylic acids is 3. The largest absolute Gasteiger partial charge is 0.431 e. The minimum Gasteiger partial charge on any atom is -0.396 e. The SMILES string of the molecule is C=CC(=O)OC(F)(F)C(C(F)(F)OC(=O)C=C)(C(F)(F)OC(=O)C=C)C(O)(F)C(C)C. The van der Waals surface area contributed by atoms with Gasteiger partial charge < -0.3 is 19.3 Å². The van der Waals surface area contributed by atoms with Crippen molar-refractivity contribution in [2.24, 2.45) is 11.3 Å². The Hall–Kier alpha value is -2.90. The predicted octanol–water partition coefficient (Wildman–Crippen LogP) is 3.25. The van der Waals surface area contributed by atoms with Crippen LogP contribution in [0.15, 0.2) is 38.0 Å². The van der Waals surface area contributed by atoms with Crippen molar-refractivity contribution in [2.75, 3.05) is 0 Å². The number of alkyl halides is 7. The summed E-state index contributed by atoms with van der Waals surface area (Å²) in [7, 11) is 0. The average Bonchev–Trinajstić information content (AvgIpc) is 2.58. The van der Waals surface area contributed by atoms with E-state index in [4.69, 9.17) is 0 Å². The van der Waals surface area contributed by atoms with Crippen molar-refractivity contribution < 1.29 is 64.4 Å². The minimum absolute atomic E-state index is 0.104. The number of rotatable bonds is 11. The first-order valence-electron chi connectivity index (χ1n) is 7.92. The van der Waals surface area contributed by atoms with Gasteiger partial charge in [0.2, 0.25) is 5.85 Å². The van der Waals surface area contributed by atoms with E-state index in [1.54, 1.807) is 0 Å². The van der Waals surface area contributed by atoms with Gasteiger partial charge in [0.1, 0.15) is 0 Å². The van der Waals surface area contributed by atoms with Crippen LogP contribution < -0.4 is 0 Å². The standard InChI is InChI=1S/C17H17F7O7/c1-6-10(25)29-15(19,20)14(13(18,28)9(4)5,16(21,22)30-11(26)7-2)17(23,24)31-12(27)8-3/h6-9,28H,1-3H2,4-5H3. The van der Waals surface area contributed by atoms with E-state index >= 15 is 4.39 Å². The zero-order valence-electron chi connectivity index (χ0n) is 16.0. The summed E-state index contributed by atoms with van der Waals surface area (Å²) in [6, 6.07) is 0. The first kappa shape index (κ1) is 28.1. The van der Waals surface area contributed by atoms with Crippen molar-refractivity contribution in [1.82, 2.24) is 0 Å². The van der Waals surface area contributed by atoms with Crippen LogP contribution >= 0.6 is 0 Å². The van der Waals surface area contributed by atoms with Crippen molar-refractivity contribution in [3.8, 4) is 0 Å². The summed E-state index contributed by atoms with van der Waals surface area (Å²) < 4.78 is 114. The molecule has 0 aliphatic carbocycles. The Bertz CT molecular complexity index is 676. The Labute approximate surface area is 170 Å². The van der Waals surface area contributed by atoms with Crippen molar-refractivity contribution >= 4 is 17.9 Å². The van der Waals surface area contributed by atoms with E-state index in [1.807, 2.05) is 0 Å². The molecule has 0 rings (SSSR count). The van der Waals surface area contributed by atoms with Crippen molar-refractivity contribution in [2.45, 2.75) is 38.0 Å². The molecule has 1 unspecified atom stereocenters. The molecule has 0 fully saturated rings. The van der Waals surface area contributed by atoms with E-state index in [9.17, 15) is 45.8 Å². The number of esters is 3. The highest BCUT2D eigenvalue weighted by Crippen LogP contribution is 2.66. The second-order valence-electron chi connectivity index (χ2n) is 6.00. The van der Waals surface area contributed by atoms with E-state index in [-0.39, 0.29) is 18.2 Å². The van der Waals surface area contributed by atoms with E-state index in [2.05, 4.69) is 33.9 Å². The van der Waals surface area contributed by atoms with Crippen LogP contribution in [-0.2, 0) is 28.6 Å². The van der Waals surface area contributed by atoms with E-state index in [0.29, 0.717) is 13.8 Å². The van der Waals surface area contributed by atoms with Gasteiger partial charge in [-0.3, -0.25) is 0 Å². The fourth-order valence-electron chi connectivity index (χ4n) is 2.29. The summed E-state index contributed by atoms with van der Waals surface area (Å²) in [5.74, 6) is -15.1. The van der Waals surface area contributed by atoms with E-state index in [1.165, 1.54) is 0 Å². The molecule has 0 aromatic heterocycles. The third kappa shape index (κ3) is 4.73. The summed E-state index contributed by atoms with van der Waals surface area (Å²) in [5, 5.41) is 9.91. The third-order valence-electron chi connectivity index (χ3n) is 3.79. The molecular formula is C17H17F7O7. The molecule has 0 amide bonds. The second-order valence-corrected chi connectivity index (χ2v) is 6.00. The Morgan fingerprint density at radius 2 is 0.935 bits per heavy atom. The fourth-order valence-corrected chi connectivity index (χ4v) is 2.29. The number of aliphatic hydroxyl groups is 1. The molecule has 176 valence electrons. The van der Waals surface area contributed by atoms with Gasteiger partial charge >= 0.3 is 41.6 Å². The summed E-state index contributed by atoms with van der Waals surface area (Å²) in [6.07, 6.45) is -19.6. The topological polar surface area (TPSA) is 99.1 Å². The van der Waals surface area contributed by atoms with E-state index in [0.717, 1.165) is 0 Å². The van der Waals surface area contributed by atoms with Gasteiger partial charge in [0.05, 0.1) is 0 Å². The summed E-state index contributed by atoms with van der Waals surface area (Å²) in [5.41, 5.74) is -6.38. The molecule has 0 aliphatic heterocycles. The molecule has 0 aliphatic rings. The zero-order valence-corrected chi connectivity index (χ0v) is 16.0. The van der Waals surface area contributed by atoms with Gasteiger partial charge in [-0.25, -0.2) is 18.8 Å². The van der Waals surface area contributed by atoms with Crippen molar-refractivity contribution in [3.63, 3.8) is 0 Å². The number of halogens is 7. The summed E-state index contributed by atoms with van der Waals surface area (Å²) >= 11 is 0. The van der Waals surface area contributed by atoms with Crippen LogP contribution in [0.5, 0.6) is 0 Å². The van der Waals surface area contributed by atoms with Crippen molar-refractivity contribution in [3.05, 3.63) is 38.0 Å². The molecule has 0 saturated heterocycles. The third-order valence-corrected chi connectivity index (χ3v) is 3.79. The van der Waals surface area contributed by atoms with Crippen molar-refractivity contribution in [1.29, 1.82) is 0 Å². The number of hydrogen-bond donors (Lipinski definition) is 1. The molecule has 0 aromatic carbocycles. The Morgan fingerprint density at radius 3 is 1.10 bits per heavy atom. The zero-order chi connectivity index (χ0) is 25.1. The van der Waals surface area contributed by atoms with Crippen LogP contribution in [0, 0.1) is 11.3 Å². The Morgan fingerprint density at radius 1 is 0.710 bits per heavy atom. The molecule has 31 heavy (non-hydrogen) atoms. The molecule has 1 atom stereocenters. The van der Waals surface area contributed by atoms with Gasteiger partial charge in [-0.1, -0.05) is 33.6 Å². The maximum Gasteiger partial charge on any atom is 0.431 e. The maximum absolute atomic E-state index is 15.1. The maximum atomic E-state index is 15.1. The van der Waals surface area contributed by atoms with E-state index < -0.39 is 53.4 Å². The first-order valence-corrected chi connectivity index (χ1v) is 7.92. The van der Waals surface area contributed by atoms with Gasteiger partial charge in [0.15, 0.2) is 0 Å². The summed E-state index contributed by atoms with van der Waals surface area (Å²) in [6.45, 7) is 8.68. The predicted molar refractivity (Wildman–Crippen MR) is 87.0 cm³/mol. The lowest BCUT2D eigenvalue weighted by Gasteiger charge is -2.50. The number of ether oxygens (including phenoxy) is 3. The molecule has 1 N–H and O–H groups in total. The molecule has 0 heterocycles. The number of hydrogen-bond acceptors (Lipinski definition) is 7. The minimum atomic E-state index is -6.43. The van der Waals surface area contributed by atoms with Crippen LogP contribution in [0.3, 0.4) is 0 Å². The van der Waals surface area contributed by atoms with Gasteiger partial charge in [0, 0.05) is 24.1 Å². The van der Waals surface area contributed by atoms with Crippen LogP contribution in [0.2, 0.25) is 0 Å². The second kappa shape index (κ2) is 9.08. The summed E-state index contributed by atoms with van der Waals surface area (Å²) in [4.78, 5) is 33.7.